The maximum atomic E-state index is 13.3. The zero-order valence-corrected chi connectivity index (χ0v) is 16.9. The van der Waals surface area contributed by atoms with Crippen LogP contribution in [-0.4, -0.2) is 23.7 Å². The molecule has 0 fully saturated rings. The Hall–Kier alpha value is -3.09. The molecule has 0 saturated heterocycles. The van der Waals surface area contributed by atoms with Gasteiger partial charge >= 0.3 is 6.09 Å². The minimum Gasteiger partial charge on any atom is -0.479 e. The first-order valence-corrected chi connectivity index (χ1v) is 9.46. The topological polar surface area (TPSA) is 76.7 Å². The van der Waals surface area contributed by atoms with Gasteiger partial charge in [0.15, 0.2) is 6.10 Å². The van der Waals surface area contributed by atoms with Gasteiger partial charge in [0.2, 0.25) is 0 Å². The van der Waals surface area contributed by atoms with E-state index in [9.17, 15) is 14.0 Å². The van der Waals surface area contributed by atoms with Crippen LogP contribution in [0.1, 0.15) is 44.9 Å². The van der Waals surface area contributed by atoms with E-state index in [1.54, 1.807) is 52.0 Å². The molecule has 154 valence electrons. The number of anilines is 1. The Morgan fingerprint density at radius 3 is 2.59 bits per heavy atom. The molecule has 1 heterocycles. The SMILES string of the molecule is CC1Oc2ccc(C(Cc3ccc(F)cc3)NC(=O)OC(C)(C)C)cc2NC1=O. The molecule has 0 saturated carbocycles. The Labute approximate surface area is 169 Å². The Morgan fingerprint density at radius 2 is 1.93 bits per heavy atom. The third-order valence-electron chi connectivity index (χ3n) is 4.38. The van der Waals surface area contributed by atoms with Crippen LogP contribution < -0.4 is 15.4 Å². The predicted octanol–water partition coefficient (Wildman–Crippen LogP) is 4.35. The van der Waals surface area contributed by atoms with Crippen molar-refractivity contribution in [3.05, 3.63) is 59.4 Å². The molecular formula is C22H25FN2O4. The highest BCUT2D eigenvalue weighted by atomic mass is 19.1. The van der Waals surface area contributed by atoms with Gasteiger partial charge in [-0.05, 0) is 69.5 Å². The molecule has 0 aliphatic carbocycles. The van der Waals surface area contributed by atoms with Crippen molar-refractivity contribution in [2.24, 2.45) is 0 Å². The van der Waals surface area contributed by atoms with E-state index in [2.05, 4.69) is 10.6 Å². The number of carbonyl (C=O) groups excluding carboxylic acids is 2. The lowest BCUT2D eigenvalue weighted by molar-refractivity contribution is -0.122. The maximum Gasteiger partial charge on any atom is 0.408 e. The van der Waals surface area contributed by atoms with E-state index in [4.69, 9.17) is 9.47 Å². The molecule has 2 unspecified atom stereocenters. The van der Waals surface area contributed by atoms with Crippen LogP contribution in [0.2, 0.25) is 0 Å². The third-order valence-corrected chi connectivity index (χ3v) is 4.38. The molecule has 1 aliphatic heterocycles. The lowest BCUT2D eigenvalue weighted by Gasteiger charge is -2.27. The fourth-order valence-corrected chi connectivity index (χ4v) is 3.00. The standard InChI is InChI=1S/C22H25FN2O4/c1-13-20(26)24-18-12-15(7-10-19(18)28-13)17(25-21(27)29-22(2,3)4)11-14-5-8-16(23)9-6-14/h5-10,12-13,17H,11H2,1-4H3,(H,24,26)(H,25,27). The Kier molecular flexibility index (Phi) is 5.77. The van der Waals surface area contributed by atoms with Gasteiger partial charge in [0.25, 0.3) is 5.91 Å². The highest BCUT2D eigenvalue weighted by molar-refractivity contribution is 5.97. The molecule has 2 atom stereocenters. The average Bonchev–Trinajstić information content (AvgIpc) is 2.62. The summed E-state index contributed by atoms with van der Waals surface area (Å²) in [6.45, 7) is 7.03. The highest BCUT2D eigenvalue weighted by Gasteiger charge is 2.26. The van der Waals surface area contributed by atoms with Gasteiger partial charge in [-0.25, -0.2) is 9.18 Å². The summed E-state index contributed by atoms with van der Waals surface area (Å²) in [4.78, 5) is 24.3. The molecule has 29 heavy (non-hydrogen) atoms. The fraction of sp³-hybridized carbons (Fsp3) is 0.364. The lowest BCUT2D eigenvalue weighted by Crippen LogP contribution is -2.36. The van der Waals surface area contributed by atoms with E-state index in [0.29, 0.717) is 17.9 Å². The first-order valence-electron chi connectivity index (χ1n) is 9.46. The van der Waals surface area contributed by atoms with Gasteiger partial charge in [0.05, 0.1) is 11.7 Å². The summed E-state index contributed by atoms with van der Waals surface area (Å²) < 4.78 is 24.2. The second-order valence-corrected chi connectivity index (χ2v) is 8.03. The second kappa shape index (κ2) is 8.11. The Balaban J connectivity index is 1.87. The van der Waals surface area contributed by atoms with Gasteiger partial charge in [0, 0.05) is 0 Å². The van der Waals surface area contributed by atoms with Crippen molar-refractivity contribution in [3.8, 4) is 5.75 Å². The van der Waals surface area contributed by atoms with Crippen LogP contribution in [0.4, 0.5) is 14.9 Å². The molecule has 0 aromatic heterocycles. The number of fused-ring (bicyclic) bond motifs is 1. The number of ether oxygens (including phenoxy) is 2. The lowest BCUT2D eigenvalue weighted by atomic mass is 9.98. The van der Waals surface area contributed by atoms with Crippen molar-refractivity contribution in [1.82, 2.24) is 5.32 Å². The molecule has 2 N–H and O–H groups in total. The summed E-state index contributed by atoms with van der Waals surface area (Å²) in [6, 6.07) is 11.0. The monoisotopic (exact) mass is 400 g/mol. The summed E-state index contributed by atoms with van der Waals surface area (Å²) in [7, 11) is 0. The Bertz CT molecular complexity index is 906. The van der Waals surface area contributed by atoms with Crippen molar-refractivity contribution in [3.63, 3.8) is 0 Å². The van der Waals surface area contributed by atoms with E-state index < -0.39 is 23.8 Å². The maximum absolute atomic E-state index is 13.3. The van der Waals surface area contributed by atoms with Crippen LogP contribution in [0.5, 0.6) is 5.75 Å². The van der Waals surface area contributed by atoms with Crippen LogP contribution in [0, 0.1) is 5.82 Å². The molecule has 0 radical (unpaired) electrons. The summed E-state index contributed by atoms with van der Waals surface area (Å²) in [5.41, 5.74) is 1.51. The highest BCUT2D eigenvalue weighted by Crippen LogP contribution is 2.33. The number of alkyl carbamates (subject to hydrolysis) is 1. The minimum absolute atomic E-state index is 0.232. The van der Waals surface area contributed by atoms with Crippen LogP contribution in [0.15, 0.2) is 42.5 Å². The van der Waals surface area contributed by atoms with Gasteiger partial charge < -0.3 is 20.1 Å². The normalized spacial score (nSPS) is 16.9. The first kappa shape index (κ1) is 20.6. The Morgan fingerprint density at radius 1 is 1.24 bits per heavy atom. The number of hydrogen-bond donors (Lipinski definition) is 2. The number of rotatable bonds is 4. The number of carbonyl (C=O) groups is 2. The van der Waals surface area contributed by atoms with E-state index in [1.165, 1.54) is 12.1 Å². The molecule has 7 heteroatoms. The van der Waals surface area contributed by atoms with Crippen LogP contribution >= 0.6 is 0 Å². The van der Waals surface area contributed by atoms with Gasteiger partial charge in [-0.15, -0.1) is 0 Å². The summed E-state index contributed by atoms with van der Waals surface area (Å²) in [5.74, 6) is 0.0108. The smallest absolute Gasteiger partial charge is 0.408 e. The molecule has 2 aromatic rings. The third kappa shape index (κ3) is 5.47. The zero-order chi connectivity index (χ0) is 21.2. The largest absolute Gasteiger partial charge is 0.479 e. The van der Waals surface area contributed by atoms with E-state index >= 15 is 0 Å². The van der Waals surface area contributed by atoms with Crippen LogP contribution in [0.25, 0.3) is 0 Å². The second-order valence-electron chi connectivity index (χ2n) is 8.03. The van der Waals surface area contributed by atoms with E-state index in [1.807, 2.05) is 6.07 Å². The van der Waals surface area contributed by atoms with Crippen molar-refractivity contribution in [2.45, 2.75) is 51.9 Å². The molecule has 0 spiro atoms. The van der Waals surface area contributed by atoms with Crippen molar-refractivity contribution in [2.75, 3.05) is 5.32 Å². The summed E-state index contributed by atoms with van der Waals surface area (Å²) in [6.07, 6.45) is -0.705. The zero-order valence-electron chi connectivity index (χ0n) is 16.9. The number of hydrogen-bond acceptors (Lipinski definition) is 4. The van der Waals surface area contributed by atoms with E-state index in [-0.39, 0.29) is 11.7 Å². The average molecular weight is 400 g/mol. The number of nitrogens with one attached hydrogen (secondary N) is 2. The number of halogens is 1. The molecule has 1 aliphatic rings. The van der Waals surface area contributed by atoms with Gasteiger partial charge in [-0.2, -0.15) is 0 Å². The molecule has 2 amide bonds. The summed E-state index contributed by atoms with van der Waals surface area (Å²) in [5, 5.41) is 5.68. The van der Waals surface area contributed by atoms with Crippen LogP contribution in [0.3, 0.4) is 0 Å². The molecule has 0 bridgehead atoms. The van der Waals surface area contributed by atoms with E-state index in [0.717, 1.165) is 11.1 Å². The molecule has 2 aromatic carbocycles. The van der Waals surface area contributed by atoms with Crippen LogP contribution in [-0.2, 0) is 16.0 Å². The minimum atomic E-state index is -0.641. The van der Waals surface area contributed by atoms with Crippen molar-refractivity contribution < 1.29 is 23.5 Å². The predicted molar refractivity (Wildman–Crippen MR) is 107 cm³/mol. The van der Waals surface area contributed by atoms with Crippen molar-refractivity contribution >= 4 is 17.7 Å². The number of benzene rings is 2. The quantitative estimate of drug-likeness (QED) is 0.800. The number of amides is 2. The first-order chi connectivity index (χ1) is 13.6. The van der Waals surface area contributed by atoms with Crippen molar-refractivity contribution in [1.29, 1.82) is 0 Å². The molecular weight excluding hydrogens is 375 g/mol. The fourth-order valence-electron chi connectivity index (χ4n) is 3.00. The van der Waals surface area contributed by atoms with Gasteiger partial charge in [-0.1, -0.05) is 18.2 Å². The van der Waals surface area contributed by atoms with Gasteiger partial charge in [-0.3, -0.25) is 4.79 Å². The molecule has 6 nitrogen and oxygen atoms in total. The summed E-state index contributed by atoms with van der Waals surface area (Å²) >= 11 is 0. The van der Waals surface area contributed by atoms with Gasteiger partial charge in [0.1, 0.15) is 17.2 Å². The molecule has 3 rings (SSSR count).